The lowest BCUT2D eigenvalue weighted by Crippen LogP contribution is -2.04. The van der Waals surface area contributed by atoms with Crippen LogP contribution in [0.5, 0.6) is 0 Å². The van der Waals surface area contributed by atoms with Crippen LogP contribution in [0, 0.1) is 6.92 Å². The van der Waals surface area contributed by atoms with E-state index in [-0.39, 0.29) is 0 Å². The number of hydrogen-bond acceptors (Lipinski definition) is 4. The van der Waals surface area contributed by atoms with Crippen LogP contribution in [-0.4, -0.2) is 24.4 Å². The molecule has 6 nitrogen and oxygen atoms in total. The highest BCUT2D eigenvalue weighted by Crippen LogP contribution is 2.27. The molecule has 7 heteroatoms. The molecule has 0 radical (unpaired) electrons. The molecule has 0 saturated carbocycles. The molecule has 1 N–H and O–H groups in total. The average molecular weight is 415 g/mol. The van der Waals surface area contributed by atoms with Crippen molar-refractivity contribution in [3.05, 3.63) is 95.4 Å². The van der Waals surface area contributed by atoms with Gasteiger partial charge in [-0.3, -0.25) is 0 Å². The first kappa shape index (κ1) is 18.4. The minimum Gasteiger partial charge on any atom is -0.364 e. The van der Waals surface area contributed by atoms with Crippen molar-refractivity contribution in [2.75, 3.05) is 5.32 Å². The Kier molecular flexibility index (Phi) is 4.69. The Bertz CT molecular complexity index is 1320. The van der Waals surface area contributed by atoms with Gasteiger partial charge in [0.15, 0.2) is 5.82 Å². The van der Waals surface area contributed by atoms with Gasteiger partial charge in [0.1, 0.15) is 5.82 Å². The lowest BCUT2D eigenvalue weighted by molar-refractivity contribution is 0.846. The maximum absolute atomic E-state index is 5.99. The van der Waals surface area contributed by atoms with E-state index < -0.39 is 0 Å². The summed E-state index contributed by atoms with van der Waals surface area (Å²) in [5, 5.41) is 13.2. The van der Waals surface area contributed by atoms with Crippen LogP contribution in [0.3, 0.4) is 0 Å². The number of pyridine rings is 2. The molecule has 4 aromatic heterocycles. The Morgan fingerprint density at radius 3 is 2.70 bits per heavy atom. The Labute approximate surface area is 178 Å². The van der Waals surface area contributed by atoms with Gasteiger partial charge in [-0.1, -0.05) is 29.8 Å². The molecule has 148 valence electrons. The average Bonchev–Trinajstić information content (AvgIpc) is 3.40. The molecule has 0 spiro atoms. The number of benzene rings is 1. The van der Waals surface area contributed by atoms with E-state index in [1.165, 1.54) is 0 Å². The first-order valence-electron chi connectivity index (χ1n) is 9.62. The standard InChI is InChI=1S/C23H19ClN6/c1-16-3-2-4-23(27-16)30-21(18-10-12-29-20(13-18)9-11-26-29)14-22(28-30)25-15-17-5-7-19(24)8-6-17/h2-14H,15H2,1H3,(H,25,28). The smallest absolute Gasteiger partial charge is 0.154 e. The van der Waals surface area contributed by atoms with Crippen molar-refractivity contribution in [1.29, 1.82) is 0 Å². The summed E-state index contributed by atoms with van der Waals surface area (Å²) in [6.07, 6.45) is 3.74. The third-order valence-electron chi connectivity index (χ3n) is 4.88. The van der Waals surface area contributed by atoms with Gasteiger partial charge in [-0.2, -0.15) is 5.10 Å². The number of aryl methyl sites for hydroxylation is 1. The van der Waals surface area contributed by atoms with E-state index in [9.17, 15) is 0 Å². The van der Waals surface area contributed by atoms with Crippen molar-refractivity contribution in [2.45, 2.75) is 13.5 Å². The molecule has 4 heterocycles. The van der Waals surface area contributed by atoms with E-state index in [2.05, 4.69) is 21.5 Å². The van der Waals surface area contributed by atoms with Crippen LogP contribution < -0.4 is 5.32 Å². The molecular weight excluding hydrogens is 396 g/mol. The van der Waals surface area contributed by atoms with E-state index in [4.69, 9.17) is 16.7 Å². The molecule has 0 bridgehead atoms. The summed E-state index contributed by atoms with van der Waals surface area (Å²) in [5.74, 6) is 1.55. The van der Waals surface area contributed by atoms with Gasteiger partial charge in [-0.15, -0.1) is 5.10 Å². The third-order valence-corrected chi connectivity index (χ3v) is 5.13. The SMILES string of the molecule is Cc1cccc(-n2nc(NCc3ccc(Cl)cc3)cc2-c2ccn3nccc3c2)n1. The summed E-state index contributed by atoms with van der Waals surface area (Å²) in [6, 6.07) is 21.9. The number of hydrogen-bond donors (Lipinski definition) is 1. The topological polar surface area (TPSA) is 60.0 Å². The largest absolute Gasteiger partial charge is 0.364 e. The van der Waals surface area contributed by atoms with Gasteiger partial charge in [-0.25, -0.2) is 14.2 Å². The van der Waals surface area contributed by atoms with Crippen LogP contribution in [0.4, 0.5) is 5.82 Å². The third kappa shape index (κ3) is 3.65. The molecule has 0 aliphatic heterocycles. The summed E-state index contributed by atoms with van der Waals surface area (Å²) < 4.78 is 3.72. The molecule has 0 unspecified atom stereocenters. The number of nitrogens with zero attached hydrogens (tertiary/aromatic N) is 5. The minimum absolute atomic E-state index is 0.649. The van der Waals surface area contributed by atoms with Crippen molar-refractivity contribution in [3.8, 4) is 17.1 Å². The predicted octanol–water partition coefficient (Wildman–Crippen LogP) is 5.16. The molecule has 0 amide bonds. The number of anilines is 1. The van der Waals surface area contributed by atoms with E-state index in [0.29, 0.717) is 6.54 Å². The molecule has 5 aromatic rings. The van der Waals surface area contributed by atoms with E-state index in [1.807, 2.05) is 83.0 Å². The van der Waals surface area contributed by atoms with Crippen LogP contribution in [-0.2, 0) is 6.54 Å². The van der Waals surface area contributed by atoms with Crippen LogP contribution >= 0.6 is 11.6 Å². The van der Waals surface area contributed by atoms with Crippen molar-refractivity contribution < 1.29 is 0 Å². The van der Waals surface area contributed by atoms with Crippen LogP contribution in [0.2, 0.25) is 5.02 Å². The zero-order valence-electron chi connectivity index (χ0n) is 16.3. The summed E-state index contributed by atoms with van der Waals surface area (Å²) in [5.41, 5.74) is 5.09. The molecule has 30 heavy (non-hydrogen) atoms. The van der Waals surface area contributed by atoms with Crippen molar-refractivity contribution in [1.82, 2.24) is 24.4 Å². The number of nitrogens with one attached hydrogen (secondary N) is 1. The molecule has 0 aliphatic carbocycles. The summed E-state index contributed by atoms with van der Waals surface area (Å²) >= 11 is 5.99. The Morgan fingerprint density at radius 1 is 1.00 bits per heavy atom. The summed E-state index contributed by atoms with van der Waals surface area (Å²) in [7, 11) is 0. The molecule has 0 fully saturated rings. The fourth-order valence-electron chi connectivity index (χ4n) is 3.37. The molecular formula is C23H19ClN6. The van der Waals surface area contributed by atoms with Gasteiger partial charge in [0.2, 0.25) is 0 Å². The maximum atomic E-state index is 5.99. The van der Waals surface area contributed by atoms with Crippen molar-refractivity contribution in [3.63, 3.8) is 0 Å². The van der Waals surface area contributed by atoms with Gasteiger partial charge in [0.05, 0.1) is 11.2 Å². The van der Waals surface area contributed by atoms with Crippen LogP contribution in [0.15, 0.2) is 79.1 Å². The number of rotatable bonds is 5. The highest BCUT2D eigenvalue weighted by Gasteiger charge is 2.14. The monoisotopic (exact) mass is 414 g/mol. The fourth-order valence-corrected chi connectivity index (χ4v) is 3.50. The lowest BCUT2D eigenvalue weighted by Gasteiger charge is -2.07. The van der Waals surface area contributed by atoms with Gasteiger partial charge in [-0.05, 0) is 55.0 Å². The number of aromatic nitrogens is 5. The summed E-state index contributed by atoms with van der Waals surface area (Å²) in [4.78, 5) is 4.66. The minimum atomic E-state index is 0.649. The second kappa shape index (κ2) is 7.65. The van der Waals surface area contributed by atoms with Gasteiger partial charge >= 0.3 is 0 Å². The zero-order valence-corrected chi connectivity index (χ0v) is 17.1. The predicted molar refractivity (Wildman–Crippen MR) is 119 cm³/mol. The number of halogens is 1. The Morgan fingerprint density at radius 2 is 1.87 bits per heavy atom. The van der Waals surface area contributed by atoms with Crippen LogP contribution in [0.1, 0.15) is 11.3 Å². The highest BCUT2D eigenvalue weighted by atomic mass is 35.5. The lowest BCUT2D eigenvalue weighted by atomic mass is 10.1. The van der Waals surface area contributed by atoms with E-state index in [0.717, 1.165) is 44.7 Å². The van der Waals surface area contributed by atoms with Gasteiger partial charge < -0.3 is 5.32 Å². The molecule has 0 saturated heterocycles. The Balaban J connectivity index is 1.54. The quantitative estimate of drug-likeness (QED) is 0.431. The summed E-state index contributed by atoms with van der Waals surface area (Å²) in [6.45, 7) is 2.63. The zero-order chi connectivity index (χ0) is 20.5. The second-order valence-electron chi connectivity index (χ2n) is 7.06. The number of fused-ring (bicyclic) bond motifs is 1. The van der Waals surface area contributed by atoms with Gasteiger partial charge in [0, 0.05) is 41.3 Å². The highest BCUT2D eigenvalue weighted by molar-refractivity contribution is 6.30. The molecule has 5 rings (SSSR count). The fraction of sp³-hybridized carbons (Fsp3) is 0.0870. The van der Waals surface area contributed by atoms with Crippen molar-refractivity contribution in [2.24, 2.45) is 0 Å². The van der Waals surface area contributed by atoms with Crippen LogP contribution in [0.25, 0.3) is 22.6 Å². The normalized spacial score (nSPS) is 11.1. The first-order valence-corrected chi connectivity index (χ1v) is 10.00. The van der Waals surface area contributed by atoms with Crippen molar-refractivity contribution >= 4 is 22.9 Å². The van der Waals surface area contributed by atoms with Gasteiger partial charge in [0.25, 0.3) is 0 Å². The molecule has 0 atom stereocenters. The second-order valence-corrected chi connectivity index (χ2v) is 7.50. The van der Waals surface area contributed by atoms with E-state index in [1.54, 1.807) is 6.20 Å². The maximum Gasteiger partial charge on any atom is 0.154 e. The van der Waals surface area contributed by atoms with E-state index >= 15 is 0 Å². The molecule has 1 aromatic carbocycles. The first-order chi connectivity index (χ1) is 14.7. The Hall–Kier alpha value is -3.64. The molecule has 0 aliphatic rings.